The third-order valence-corrected chi connectivity index (χ3v) is 3.28. The van der Waals surface area contributed by atoms with Crippen LogP contribution in [0.1, 0.15) is 11.1 Å². The van der Waals surface area contributed by atoms with Crippen molar-refractivity contribution in [2.24, 2.45) is 0 Å². The van der Waals surface area contributed by atoms with E-state index in [2.05, 4.69) is 10.3 Å². The zero-order valence-corrected chi connectivity index (χ0v) is 13.1. The van der Waals surface area contributed by atoms with Crippen molar-refractivity contribution in [1.29, 1.82) is 0 Å². The Labute approximate surface area is 130 Å². The van der Waals surface area contributed by atoms with Gasteiger partial charge in [-0.15, -0.1) is 0 Å². The number of ether oxygens (including phenoxy) is 3. The van der Waals surface area contributed by atoms with Crippen molar-refractivity contribution in [3.8, 4) is 17.2 Å². The molecule has 6 heteroatoms. The fourth-order valence-corrected chi connectivity index (χ4v) is 2.11. The van der Waals surface area contributed by atoms with E-state index in [1.54, 1.807) is 33.6 Å². The molecule has 0 saturated carbocycles. The van der Waals surface area contributed by atoms with Gasteiger partial charge in [-0.2, -0.15) is 0 Å². The average Bonchev–Trinajstić information content (AvgIpc) is 2.56. The molecule has 0 spiro atoms. The third-order valence-electron chi connectivity index (χ3n) is 3.28. The normalized spacial score (nSPS) is 10.3. The highest BCUT2D eigenvalue weighted by atomic mass is 16.5. The number of nitrogens with zero attached hydrogens (tertiary/aromatic N) is 1. The summed E-state index contributed by atoms with van der Waals surface area (Å²) in [6, 6.07) is 7.46. The fourth-order valence-electron chi connectivity index (χ4n) is 2.11. The minimum Gasteiger partial charge on any atom is -0.496 e. The molecule has 0 atom stereocenters. The van der Waals surface area contributed by atoms with Crippen LogP contribution in [0.4, 0.5) is 5.82 Å². The maximum Gasteiger partial charge on any atom is 0.164 e. The fraction of sp³-hybridized carbons (Fsp3) is 0.312. The highest BCUT2D eigenvalue weighted by Gasteiger charge is 2.11. The summed E-state index contributed by atoms with van der Waals surface area (Å²) < 4.78 is 16.0. The van der Waals surface area contributed by atoms with Crippen LogP contribution in [0.25, 0.3) is 0 Å². The molecule has 0 bridgehead atoms. The lowest BCUT2D eigenvalue weighted by Gasteiger charge is -2.14. The van der Waals surface area contributed by atoms with Crippen LogP contribution >= 0.6 is 0 Å². The van der Waals surface area contributed by atoms with Crippen molar-refractivity contribution in [3.63, 3.8) is 0 Å². The zero-order chi connectivity index (χ0) is 15.9. The monoisotopic (exact) mass is 303 g/mol. The van der Waals surface area contributed by atoms with Gasteiger partial charge in [-0.3, -0.25) is 0 Å². The predicted molar refractivity (Wildman–Crippen MR) is 85.3 cm³/mol. The second-order valence-corrected chi connectivity index (χ2v) is 4.71. The first-order valence-electron chi connectivity index (χ1n) is 6.88. The van der Waals surface area contributed by atoms with Crippen molar-refractivity contribution >= 4 is 5.82 Å². The summed E-state index contributed by atoms with van der Waals surface area (Å²) in [6.07, 6.45) is 1.76. The SMILES string of the molecule is COc1cc(OC)c(OC)cc1CNCc1ccc(N)nc1. The van der Waals surface area contributed by atoms with E-state index in [0.717, 1.165) is 16.9 Å². The van der Waals surface area contributed by atoms with Crippen LogP contribution in [0.15, 0.2) is 30.5 Å². The smallest absolute Gasteiger partial charge is 0.164 e. The maximum atomic E-state index is 5.57. The summed E-state index contributed by atoms with van der Waals surface area (Å²) in [6.45, 7) is 1.32. The number of nitrogens with one attached hydrogen (secondary N) is 1. The first kappa shape index (κ1) is 15.9. The first-order valence-corrected chi connectivity index (χ1v) is 6.88. The number of hydrogen-bond donors (Lipinski definition) is 2. The maximum absolute atomic E-state index is 5.57. The van der Waals surface area contributed by atoms with Crippen LogP contribution in [-0.2, 0) is 13.1 Å². The Bertz CT molecular complexity index is 615. The van der Waals surface area contributed by atoms with Crippen LogP contribution in [-0.4, -0.2) is 26.3 Å². The van der Waals surface area contributed by atoms with Crippen LogP contribution in [0.5, 0.6) is 17.2 Å². The molecule has 0 unspecified atom stereocenters. The van der Waals surface area contributed by atoms with Crippen LogP contribution in [0, 0.1) is 0 Å². The average molecular weight is 303 g/mol. The van der Waals surface area contributed by atoms with Crippen molar-refractivity contribution in [2.45, 2.75) is 13.1 Å². The molecular weight excluding hydrogens is 282 g/mol. The van der Waals surface area contributed by atoms with E-state index in [4.69, 9.17) is 19.9 Å². The van der Waals surface area contributed by atoms with E-state index >= 15 is 0 Å². The molecule has 1 heterocycles. The summed E-state index contributed by atoms with van der Waals surface area (Å²) >= 11 is 0. The van der Waals surface area contributed by atoms with Crippen molar-refractivity contribution < 1.29 is 14.2 Å². The van der Waals surface area contributed by atoms with Crippen molar-refractivity contribution in [1.82, 2.24) is 10.3 Å². The Kier molecular flexibility index (Phi) is 5.43. The van der Waals surface area contributed by atoms with Gasteiger partial charge in [-0.25, -0.2) is 4.98 Å². The van der Waals surface area contributed by atoms with Gasteiger partial charge in [0.15, 0.2) is 11.5 Å². The van der Waals surface area contributed by atoms with E-state index in [-0.39, 0.29) is 0 Å². The number of nitrogen functional groups attached to an aromatic ring is 1. The van der Waals surface area contributed by atoms with E-state index in [1.165, 1.54) is 0 Å². The molecule has 2 aromatic rings. The third kappa shape index (κ3) is 3.79. The Morgan fingerprint density at radius 3 is 2.23 bits per heavy atom. The minimum absolute atomic E-state index is 0.519. The largest absolute Gasteiger partial charge is 0.496 e. The second-order valence-electron chi connectivity index (χ2n) is 4.71. The van der Waals surface area contributed by atoms with E-state index in [0.29, 0.717) is 30.4 Å². The topological polar surface area (TPSA) is 78.6 Å². The molecule has 0 aliphatic heterocycles. The molecule has 0 aliphatic carbocycles. The number of hydrogen-bond acceptors (Lipinski definition) is 6. The van der Waals surface area contributed by atoms with E-state index < -0.39 is 0 Å². The molecule has 0 saturated heterocycles. The summed E-state index contributed by atoms with van der Waals surface area (Å²) in [7, 11) is 4.85. The Balaban J connectivity index is 2.06. The van der Waals surface area contributed by atoms with Gasteiger partial charge < -0.3 is 25.3 Å². The lowest BCUT2D eigenvalue weighted by molar-refractivity contribution is 0.347. The number of benzene rings is 1. The minimum atomic E-state index is 0.519. The van der Waals surface area contributed by atoms with Gasteiger partial charge in [0.1, 0.15) is 11.6 Å². The number of nitrogens with two attached hydrogens (primary N) is 1. The van der Waals surface area contributed by atoms with Crippen LogP contribution in [0.3, 0.4) is 0 Å². The predicted octanol–water partition coefficient (Wildman–Crippen LogP) is 1.98. The molecule has 1 aromatic carbocycles. The van der Waals surface area contributed by atoms with Gasteiger partial charge in [-0.1, -0.05) is 6.07 Å². The van der Waals surface area contributed by atoms with E-state index in [1.807, 2.05) is 18.2 Å². The molecule has 3 N–H and O–H groups in total. The van der Waals surface area contributed by atoms with Gasteiger partial charge >= 0.3 is 0 Å². The molecule has 0 fully saturated rings. The molecule has 118 valence electrons. The Morgan fingerprint density at radius 2 is 1.64 bits per heavy atom. The number of rotatable bonds is 7. The highest BCUT2D eigenvalue weighted by molar-refractivity contribution is 5.50. The molecule has 0 amide bonds. The van der Waals surface area contributed by atoms with Gasteiger partial charge in [-0.05, 0) is 17.7 Å². The molecule has 0 aliphatic rings. The second kappa shape index (κ2) is 7.51. The molecule has 22 heavy (non-hydrogen) atoms. The van der Waals surface area contributed by atoms with E-state index in [9.17, 15) is 0 Å². The zero-order valence-electron chi connectivity index (χ0n) is 13.1. The lowest BCUT2D eigenvalue weighted by atomic mass is 10.1. The quantitative estimate of drug-likeness (QED) is 0.814. The standard InChI is InChI=1S/C16H21N3O3/c1-20-13-7-15(22-3)14(21-2)6-12(13)10-18-8-11-4-5-16(17)19-9-11/h4-7,9,18H,8,10H2,1-3H3,(H2,17,19). The van der Waals surface area contributed by atoms with Crippen molar-refractivity contribution in [2.75, 3.05) is 27.1 Å². The lowest BCUT2D eigenvalue weighted by Crippen LogP contribution is -2.14. The molecule has 1 aromatic heterocycles. The van der Waals surface area contributed by atoms with Gasteiger partial charge in [0.2, 0.25) is 0 Å². The summed E-state index contributed by atoms with van der Waals surface area (Å²) in [5.74, 6) is 2.59. The number of pyridine rings is 1. The Hall–Kier alpha value is -2.47. The molecular formula is C16H21N3O3. The summed E-state index contributed by atoms with van der Waals surface area (Å²) in [5.41, 5.74) is 7.62. The van der Waals surface area contributed by atoms with Gasteiger partial charge in [0, 0.05) is 30.9 Å². The Morgan fingerprint density at radius 1 is 0.955 bits per heavy atom. The summed E-state index contributed by atoms with van der Waals surface area (Å²) in [5, 5.41) is 3.34. The van der Waals surface area contributed by atoms with Gasteiger partial charge in [0.25, 0.3) is 0 Å². The van der Waals surface area contributed by atoms with Gasteiger partial charge in [0.05, 0.1) is 21.3 Å². The molecule has 6 nitrogen and oxygen atoms in total. The number of aromatic nitrogens is 1. The van der Waals surface area contributed by atoms with Crippen LogP contribution in [0.2, 0.25) is 0 Å². The highest BCUT2D eigenvalue weighted by Crippen LogP contribution is 2.34. The summed E-state index contributed by atoms with van der Waals surface area (Å²) in [4.78, 5) is 4.07. The number of methoxy groups -OCH3 is 3. The number of anilines is 1. The first-order chi connectivity index (χ1) is 10.7. The molecule has 2 rings (SSSR count). The van der Waals surface area contributed by atoms with Crippen molar-refractivity contribution in [3.05, 3.63) is 41.6 Å². The molecule has 0 radical (unpaired) electrons. The van der Waals surface area contributed by atoms with Crippen LogP contribution < -0.4 is 25.3 Å².